The minimum atomic E-state index is -0.353. The van der Waals surface area contributed by atoms with E-state index in [0.29, 0.717) is 40.0 Å². The van der Waals surface area contributed by atoms with Crippen molar-refractivity contribution in [2.45, 2.75) is 13.5 Å². The topological polar surface area (TPSA) is 72.3 Å². The molecule has 0 radical (unpaired) electrons. The Morgan fingerprint density at radius 1 is 1.27 bits per heavy atom. The number of nitrogens with one attached hydrogen (secondary N) is 1. The molecule has 8 heteroatoms. The average molecular weight is 317 g/mol. The van der Waals surface area contributed by atoms with Crippen LogP contribution in [0.3, 0.4) is 0 Å². The lowest BCUT2D eigenvalue weighted by molar-refractivity contribution is 0.626. The molecule has 1 N–H and O–H groups in total. The lowest BCUT2D eigenvalue weighted by Gasteiger charge is -2.05. The Morgan fingerprint density at radius 2 is 2.14 bits per heavy atom. The fourth-order valence-electron chi connectivity index (χ4n) is 2.55. The van der Waals surface area contributed by atoms with Crippen LogP contribution >= 0.6 is 11.6 Å². The number of aromatic amines is 1. The number of H-pyrrole nitrogens is 1. The van der Waals surface area contributed by atoms with E-state index in [4.69, 9.17) is 11.6 Å². The monoisotopic (exact) mass is 316 g/mol. The summed E-state index contributed by atoms with van der Waals surface area (Å²) >= 11 is 5.93. The molecular formula is C14H10ClFN6. The molecule has 0 aliphatic carbocycles. The predicted octanol–water partition coefficient (Wildman–Crippen LogP) is 3.18. The first-order valence-electron chi connectivity index (χ1n) is 6.68. The third-order valence-electron chi connectivity index (χ3n) is 3.54. The van der Waals surface area contributed by atoms with Gasteiger partial charge in [0.25, 0.3) is 0 Å². The van der Waals surface area contributed by atoms with E-state index >= 15 is 0 Å². The van der Waals surface area contributed by atoms with E-state index in [1.807, 2.05) is 6.92 Å². The van der Waals surface area contributed by atoms with Gasteiger partial charge in [-0.25, -0.2) is 19.3 Å². The number of halogens is 2. The highest BCUT2D eigenvalue weighted by atomic mass is 35.5. The third kappa shape index (κ3) is 1.86. The second-order valence-corrected chi connectivity index (χ2v) is 5.14. The lowest BCUT2D eigenvalue weighted by Crippen LogP contribution is -1.95. The summed E-state index contributed by atoms with van der Waals surface area (Å²) in [5.74, 6) is -0.353. The zero-order valence-corrected chi connectivity index (χ0v) is 12.3. The average Bonchev–Trinajstić information content (AvgIpc) is 3.12. The van der Waals surface area contributed by atoms with Crippen molar-refractivity contribution in [3.8, 4) is 11.3 Å². The number of aryl methyl sites for hydroxylation is 1. The highest BCUT2D eigenvalue weighted by Gasteiger charge is 2.15. The molecule has 0 spiro atoms. The van der Waals surface area contributed by atoms with Crippen LogP contribution in [0.4, 0.5) is 4.39 Å². The Hall–Kier alpha value is -2.54. The van der Waals surface area contributed by atoms with Gasteiger partial charge in [0.1, 0.15) is 22.5 Å². The van der Waals surface area contributed by atoms with Gasteiger partial charge in [-0.2, -0.15) is 4.98 Å². The van der Waals surface area contributed by atoms with E-state index < -0.39 is 0 Å². The summed E-state index contributed by atoms with van der Waals surface area (Å²) in [5.41, 5.74) is 3.17. The Balaban J connectivity index is 2.02. The first-order valence-corrected chi connectivity index (χ1v) is 7.06. The maximum Gasteiger partial charge on any atom is 0.225 e. The number of fused-ring (bicyclic) bond motifs is 2. The molecule has 0 atom stereocenters. The Morgan fingerprint density at radius 3 is 2.95 bits per heavy atom. The van der Waals surface area contributed by atoms with Crippen molar-refractivity contribution in [3.05, 3.63) is 35.9 Å². The normalized spacial score (nSPS) is 11.6. The standard InChI is InChI=1S/C14H10ClFN6/c1-2-22-6-19-9-4-7(3-8(16)12(9)22)10-11-13(18-5-17-11)21-14(15)20-10/h3-6H,2H2,1H3,(H,17,18,20,21). The smallest absolute Gasteiger partial charge is 0.225 e. The Kier molecular flexibility index (Phi) is 2.83. The molecule has 0 unspecified atom stereocenters. The zero-order valence-electron chi connectivity index (χ0n) is 11.5. The van der Waals surface area contributed by atoms with Crippen LogP contribution in [-0.2, 0) is 6.54 Å². The quantitative estimate of drug-likeness (QED) is 0.576. The second-order valence-electron chi connectivity index (χ2n) is 4.80. The van der Waals surface area contributed by atoms with Gasteiger partial charge in [-0.05, 0) is 30.7 Å². The van der Waals surface area contributed by atoms with Crippen molar-refractivity contribution in [3.63, 3.8) is 0 Å². The van der Waals surface area contributed by atoms with Gasteiger partial charge in [0.15, 0.2) is 5.65 Å². The molecule has 0 amide bonds. The van der Waals surface area contributed by atoms with Gasteiger partial charge in [-0.1, -0.05) is 0 Å². The maximum atomic E-state index is 14.5. The molecule has 110 valence electrons. The molecule has 0 bridgehead atoms. The minimum absolute atomic E-state index is 0.0641. The highest BCUT2D eigenvalue weighted by Crippen LogP contribution is 2.29. The maximum absolute atomic E-state index is 14.5. The van der Waals surface area contributed by atoms with E-state index in [1.165, 1.54) is 12.4 Å². The van der Waals surface area contributed by atoms with E-state index in [1.54, 1.807) is 17.0 Å². The lowest BCUT2D eigenvalue weighted by atomic mass is 10.1. The number of benzene rings is 1. The summed E-state index contributed by atoms with van der Waals surface area (Å²) in [6.45, 7) is 2.59. The molecule has 4 aromatic rings. The number of rotatable bonds is 2. The molecule has 0 aliphatic rings. The van der Waals surface area contributed by atoms with Crippen LogP contribution in [0.5, 0.6) is 0 Å². The fraction of sp³-hybridized carbons (Fsp3) is 0.143. The molecule has 4 rings (SSSR count). The largest absolute Gasteiger partial charge is 0.341 e. The van der Waals surface area contributed by atoms with Crippen LogP contribution in [0, 0.1) is 5.82 Å². The third-order valence-corrected chi connectivity index (χ3v) is 3.71. The fourth-order valence-corrected chi connectivity index (χ4v) is 2.71. The molecule has 3 heterocycles. The van der Waals surface area contributed by atoms with Crippen LogP contribution in [0.1, 0.15) is 6.92 Å². The SMILES string of the molecule is CCn1cnc2cc(-c3nc(Cl)nc4nc[nH]c34)cc(F)c21. The summed E-state index contributed by atoms with van der Waals surface area (Å²) in [7, 11) is 0. The molecule has 22 heavy (non-hydrogen) atoms. The molecule has 3 aromatic heterocycles. The van der Waals surface area contributed by atoms with Gasteiger partial charge in [0.05, 0.1) is 18.2 Å². The van der Waals surface area contributed by atoms with E-state index in [9.17, 15) is 4.39 Å². The number of hydrogen-bond acceptors (Lipinski definition) is 4. The van der Waals surface area contributed by atoms with Crippen LogP contribution in [0.15, 0.2) is 24.8 Å². The van der Waals surface area contributed by atoms with E-state index in [2.05, 4.69) is 24.9 Å². The zero-order chi connectivity index (χ0) is 15.3. The number of aromatic nitrogens is 6. The van der Waals surface area contributed by atoms with Gasteiger partial charge in [-0.15, -0.1) is 0 Å². The van der Waals surface area contributed by atoms with Crippen molar-refractivity contribution in [1.82, 2.24) is 29.5 Å². The van der Waals surface area contributed by atoms with Crippen molar-refractivity contribution in [1.29, 1.82) is 0 Å². The molecule has 0 aliphatic heterocycles. The van der Waals surface area contributed by atoms with E-state index in [-0.39, 0.29) is 11.1 Å². The Labute approximate surface area is 129 Å². The van der Waals surface area contributed by atoms with Gasteiger partial charge in [0.2, 0.25) is 5.28 Å². The van der Waals surface area contributed by atoms with E-state index in [0.717, 1.165) is 0 Å². The number of nitrogens with zero attached hydrogens (tertiary/aromatic N) is 5. The van der Waals surface area contributed by atoms with Crippen LogP contribution in [0.2, 0.25) is 5.28 Å². The molecule has 1 aromatic carbocycles. The number of hydrogen-bond donors (Lipinski definition) is 1. The molecule has 0 saturated heterocycles. The van der Waals surface area contributed by atoms with Crippen molar-refractivity contribution >= 4 is 33.8 Å². The molecule has 0 fully saturated rings. The summed E-state index contributed by atoms with van der Waals surface area (Å²) in [5, 5.41) is 0.0641. The van der Waals surface area contributed by atoms with Crippen LogP contribution in [0.25, 0.3) is 33.5 Å². The summed E-state index contributed by atoms with van der Waals surface area (Å²) in [6, 6.07) is 3.21. The summed E-state index contributed by atoms with van der Waals surface area (Å²) in [6.07, 6.45) is 3.12. The molecule has 0 saturated carbocycles. The van der Waals surface area contributed by atoms with Gasteiger partial charge < -0.3 is 9.55 Å². The first-order chi connectivity index (χ1) is 10.7. The Bertz CT molecular complexity index is 1010. The van der Waals surface area contributed by atoms with Gasteiger partial charge in [0, 0.05) is 12.1 Å². The van der Waals surface area contributed by atoms with Crippen molar-refractivity contribution in [2.24, 2.45) is 0 Å². The van der Waals surface area contributed by atoms with Crippen LogP contribution < -0.4 is 0 Å². The molecule has 6 nitrogen and oxygen atoms in total. The predicted molar refractivity (Wildman–Crippen MR) is 81.1 cm³/mol. The minimum Gasteiger partial charge on any atom is -0.341 e. The van der Waals surface area contributed by atoms with Crippen LogP contribution in [-0.4, -0.2) is 29.5 Å². The molecular weight excluding hydrogens is 307 g/mol. The van der Waals surface area contributed by atoms with Gasteiger partial charge in [-0.3, -0.25) is 0 Å². The summed E-state index contributed by atoms with van der Waals surface area (Å²) in [4.78, 5) is 19.5. The number of imidazole rings is 2. The van der Waals surface area contributed by atoms with Crippen molar-refractivity contribution < 1.29 is 4.39 Å². The van der Waals surface area contributed by atoms with Crippen molar-refractivity contribution in [2.75, 3.05) is 0 Å². The van der Waals surface area contributed by atoms with Gasteiger partial charge >= 0.3 is 0 Å². The second kappa shape index (κ2) is 4.74. The first kappa shape index (κ1) is 13.1. The summed E-state index contributed by atoms with van der Waals surface area (Å²) < 4.78 is 16.2. The highest BCUT2D eigenvalue weighted by molar-refractivity contribution is 6.28.